The van der Waals surface area contributed by atoms with E-state index in [0.29, 0.717) is 12.2 Å². The average Bonchev–Trinajstić information content (AvgIpc) is 2.56. The maximum Gasteiger partial charge on any atom is 0.271 e. The summed E-state index contributed by atoms with van der Waals surface area (Å²) < 4.78 is 5.34. The molecule has 22 heavy (non-hydrogen) atoms. The van der Waals surface area contributed by atoms with Crippen molar-refractivity contribution in [2.75, 3.05) is 6.61 Å². The summed E-state index contributed by atoms with van der Waals surface area (Å²) in [6.45, 7) is 4.55. The summed E-state index contributed by atoms with van der Waals surface area (Å²) in [6.07, 6.45) is 1.72. The number of nitrogens with zero attached hydrogens (tertiary/aromatic N) is 1. The highest BCUT2D eigenvalue weighted by molar-refractivity contribution is 5.94. The van der Waals surface area contributed by atoms with E-state index in [1.165, 1.54) is 0 Å². The van der Waals surface area contributed by atoms with E-state index in [4.69, 9.17) is 4.74 Å². The van der Waals surface area contributed by atoms with Gasteiger partial charge in [0.2, 0.25) is 0 Å². The van der Waals surface area contributed by atoms with Crippen LogP contribution in [-0.2, 0) is 0 Å². The second kappa shape index (κ2) is 7.98. The molecule has 4 heteroatoms. The molecule has 4 nitrogen and oxygen atoms in total. The van der Waals surface area contributed by atoms with Crippen molar-refractivity contribution in [2.45, 2.75) is 19.8 Å². The van der Waals surface area contributed by atoms with Crippen LogP contribution < -0.4 is 10.2 Å². The van der Waals surface area contributed by atoms with Crippen molar-refractivity contribution < 1.29 is 9.53 Å². The number of rotatable bonds is 6. The fourth-order valence-corrected chi connectivity index (χ4v) is 1.98. The van der Waals surface area contributed by atoms with Gasteiger partial charge in [-0.05, 0) is 36.8 Å². The fourth-order valence-electron chi connectivity index (χ4n) is 1.98. The number of ether oxygens (including phenoxy) is 1. The third-order valence-electron chi connectivity index (χ3n) is 3.22. The molecule has 0 heterocycles. The van der Waals surface area contributed by atoms with E-state index in [0.717, 1.165) is 11.3 Å². The molecule has 0 bridgehead atoms. The number of hydrogen-bond acceptors (Lipinski definition) is 3. The van der Waals surface area contributed by atoms with Crippen LogP contribution in [0.2, 0.25) is 0 Å². The van der Waals surface area contributed by atoms with Crippen molar-refractivity contribution in [3.8, 4) is 5.75 Å². The lowest BCUT2D eigenvalue weighted by molar-refractivity contribution is 0.0955. The molecule has 0 aliphatic carbocycles. The lowest BCUT2D eigenvalue weighted by atomic mass is 10.0. The molecule has 0 aliphatic rings. The van der Waals surface area contributed by atoms with Gasteiger partial charge in [-0.15, -0.1) is 0 Å². The molecule has 2 aromatic rings. The number of nitrogens with one attached hydrogen (secondary N) is 1. The van der Waals surface area contributed by atoms with Gasteiger partial charge in [0.1, 0.15) is 5.75 Å². The van der Waals surface area contributed by atoms with Gasteiger partial charge in [0.05, 0.1) is 6.61 Å². The lowest BCUT2D eigenvalue weighted by Crippen LogP contribution is -2.18. The van der Waals surface area contributed by atoms with E-state index in [1.54, 1.807) is 30.5 Å². The summed E-state index contributed by atoms with van der Waals surface area (Å²) in [5.74, 6) is 0.654. The molecule has 0 aliphatic heterocycles. The minimum Gasteiger partial charge on any atom is -0.494 e. The van der Waals surface area contributed by atoms with E-state index in [2.05, 4.69) is 10.5 Å². The van der Waals surface area contributed by atoms with Crippen LogP contribution in [0.15, 0.2) is 59.7 Å². The Bertz CT molecular complexity index is 621. The number of benzene rings is 2. The molecule has 0 aromatic heterocycles. The molecule has 1 N–H and O–H groups in total. The minimum atomic E-state index is -0.237. The maximum atomic E-state index is 12.0. The molecular weight excluding hydrogens is 276 g/mol. The van der Waals surface area contributed by atoms with Crippen LogP contribution >= 0.6 is 0 Å². The second-order valence-corrected chi connectivity index (χ2v) is 4.88. The molecule has 1 atom stereocenters. The molecule has 2 rings (SSSR count). The highest BCUT2D eigenvalue weighted by atomic mass is 16.5. The Morgan fingerprint density at radius 2 is 1.86 bits per heavy atom. The van der Waals surface area contributed by atoms with Crippen molar-refractivity contribution >= 4 is 12.1 Å². The van der Waals surface area contributed by atoms with Crippen molar-refractivity contribution in [2.24, 2.45) is 5.10 Å². The van der Waals surface area contributed by atoms with Crippen LogP contribution in [0.4, 0.5) is 0 Å². The summed E-state index contributed by atoms with van der Waals surface area (Å²) in [5, 5.41) is 4.03. The van der Waals surface area contributed by atoms with Crippen molar-refractivity contribution in [3.63, 3.8) is 0 Å². The molecule has 0 unspecified atom stereocenters. The third kappa shape index (κ3) is 4.45. The lowest BCUT2D eigenvalue weighted by Gasteiger charge is -2.06. The van der Waals surface area contributed by atoms with Crippen molar-refractivity contribution in [1.29, 1.82) is 0 Å². The first-order valence-electron chi connectivity index (χ1n) is 7.32. The van der Waals surface area contributed by atoms with Crippen LogP contribution in [0.3, 0.4) is 0 Å². The molecule has 114 valence electrons. The zero-order valence-electron chi connectivity index (χ0n) is 12.8. The molecular formula is C18H20N2O2. The summed E-state index contributed by atoms with van der Waals surface area (Å²) in [6, 6.07) is 17.0. The average molecular weight is 296 g/mol. The van der Waals surface area contributed by atoms with Gasteiger partial charge in [0.15, 0.2) is 0 Å². The Morgan fingerprint density at radius 1 is 1.18 bits per heavy atom. The Morgan fingerprint density at radius 3 is 2.50 bits per heavy atom. The normalized spacial score (nSPS) is 12.1. The van der Waals surface area contributed by atoms with Crippen LogP contribution in [-0.4, -0.2) is 18.7 Å². The van der Waals surface area contributed by atoms with E-state index in [9.17, 15) is 4.79 Å². The van der Waals surface area contributed by atoms with Gasteiger partial charge in [-0.2, -0.15) is 5.10 Å². The standard InChI is InChI=1S/C18H20N2O2/c1-3-22-17-11-9-16(10-12-17)18(21)20-19-13-14(2)15-7-5-4-6-8-15/h4-14H,3H2,1-2H3,(H,20,21)/b19-13-/t14-/m1/s1. The number of hydrazone groups is 1. The molecule has 0 saturated carbocycles. The number of amides is 1. The number of hydrogen-bond donors (Lipinski definition) is 1. The predicted octanol–water partition coefficient (Wildman–Crippen LogP) is 3.60. The van der Waals surface area contributed by atoms with Gasteiger partial charge in [0.25, 0.3) is 5.91 Å². The highest BCUT2D eigenvalue weighted by Gasteiger charge is 2.05. The highest BCUT2D eigenvalue weighted by Crippen LogP contribution is 2.13. The van der Waals surface area contributed by atoms with Gasteiger partial charge in [-0.3, -0.25) is 4.79 Å². The number of carbonyl (C=O) groups excluding carboxylic acids is 1. The zero-order valence-corrected chi connectivity index (χ0v) is 12.8. The topological polar surface area (TPSA) is 50.7 Å². The maximum absolute atomic E-state index is 12.0. The van der Waals surface area contributed by atoms with Gasteiger partial charge in [-0.1, -0.05) is 37.3 Å². The summed E-state index contributed by atoms with van der Waals surface area (Å²) in [5.41, 5.74) is 4.24. The SMILES string of the molecule is CCOc1ccc(C(=O)N/N=C\[C@@H](C)c2ccccc2)cc1. The van der Waals surface area contributed by atoms with E-state index >= 15 is 0 Å². The van der Waals surface area contributed by atoms with Crippen molar-refractivity contribution in [1.82, 2.24) is 5.43 Å². The molecule has 1 amide bonds. The monoisotopic (exact) mass is 296 g/mol. The Kier molecular flexibility index (Phi) is 5.72. The quantitative estimate of drug-likeness (QED) is 0.654. The number of carbonyl (C=O) groups is 1. The van der Waals surface area contributed by atoms with Crippen LogP contribution in [0.5, 0.6) is 5.75 Å². The predicted molar refractivity (Wildman–Crippen MR) is 88.4 cm³/mol. The van der Waals surface area contributed by atoms with Gasteiger partial charge < -0.3 is 4.74 Å². The largest absolute Gasteiger partial charge is 0.494 e. The van der Waals surface area contributed by atoms with E-state index in [1.807, 2.05) is 44.2 Å². The molecule has 0 saturated heterocycles. The fraction of sp³-hybridized carbons (Fsp3) is 0.222. The van der Waals surface area contributed by atoms with Gasteiger partial charge in [0, 0.05) is 17.7 Å². The van der Waals surface area contributed by atoms with Gasteiger partial charge in [-0.25, -0.2) is 5.43 Å². The van der Waals surface area contributed by atoms with Crippen LogP contribution in [0.1, 0.15) is 35.7 Å². The first-order valence-corrected chi connectivity index (χ1v) is 7.32. The van der Waals surface area contributed by atoms with Crippen LogP contribution in [0, 0.1) is 0 Å². The first kappa shape index (κ1) is 15.8. The molecule has 0 radical (unpaired) electrons. The molecule has 2 aromatic carbocycles. The first-order chi connectivity index (χ1) is 10.7. The third-order valence-corrected chi connectivity index (χ3v) is 3.22. The Labute approximate surface area is 130 Å². The van der Waals surface area contributed by atoms with E-state index in [-0.39, 0.29) is 11.8 Å². The smallest absolute Gasteiger partial charge is 0.271 e. The summed E-state index contributed by atoms with van der Waals surface area (Å²) in [7, 11) is 0. The summed E-state index contributed by atoms with van der Waals surface area (Å²) >= 11 is 0. The molecule has 0 spiro atoms. The second-order valence-electron chi connectivity index (χ2n) is 4.88. The minimum absolute atomic E-state index is 0.141. The molecule has 0 fully saturated rings. The van der Waals surface area contributed by atoms with Gasteiger partial charge >= 0.3 is 0 Å². The van der Waals surface area contributed by atoms with E-state index < -0.39 is 0 Å². The zero-order chi connectivity index (χ0) is 15.8. The summed E-state index contributed by atoms with van der Waals surface area (Å²) in [4.78, 5) is 12.0. The van der Waals surface area contributed by atoms with Crippen molar-refractivity contribution in [3.05, 3.63) is 65.7 Å². The Hall–Kier alpha value is -2.62. The Balaban J connectivity index is 1.90. The van der Waals surface area contributed by atoms with Crippen LogP contribution in [0.25, 0.3) is 0 Å².